The first kappa shape index (κ1) is 16.6. The van der Waals surface area contributed by atoms with Gasteiger partial charge in [-0.3, -0.25) is 9.59 Å². The number of rotatable bonds is 7. The second-order valence-corrected chi connectivity index (χ2v) is 4.41. The van der Waals surface area contributed by atoms with Gasteiger partial charge in [-0.2, -0.15) is 0 Å². The highest BCUT2D eigenvalue weighted by Gasteiger charge is 2.26. The number of carboxylic acid groups (broad SMARTS) is 1. The van der Waals surface area contributed by atoms with Crippen molar-refractivity contribution in [2.75, 3.05) is 7.11 Å². The molecule has 0 aliphatic carbocycles. The Kier molecular flexibility index (Phi) is 6.35. The summed E-state index contributed by atoms with van der Waals surface area (Å²) in [6.07, 6.45) is -0.230. The van der Waals surface area contributed by atoms with Crippen molar-refractivity contribution in [1.82, 2.24) is 5.32 Å². The number of ether oxygens (including phenoxy) is 1. The average Bonchev–Trinajstić information content (AvgIpc) is 2.49. The predicted octanol–water partition coefficient (Wildman–Crippen LogP) is 0.209. The standard InChI is InChI=1S/C14H18N2O5/c1-21-14(20)12(9-5-3-2-4-6-9)16-13(19)10(15)7-8-11(17)18/h2-6,10,12H,7-8,15H2,1H3,(H,16,19)(H,17,18). The predicted molar refractivity (Wildman–Crippen MR) is 74.2 cm³/mol. The Morgan fingerprint density at radius 3 is 2.43 bits per heavy atom. The number of amides is 1. The summed E-state index contributed by atoms with van der Waals surface area (Å²) in [6, 6.07) is 6.59. The Balaban J connectivity index is 2.75. The lowest BCUT2D eigenvalue weighted by molar-refractivity contribution is -0.145. The van der Waals surface area contributed by atoms with Gasteiger partial charge in [-0.1, -0.05) is 30.3 Å². The van der Waals surface area contributed by atoms with Crippen molar-refractivity contribution in [2.24, 2.45) is 5.73 Å². The summed E-state index contributed by atoms with van der Waals surface area (Å²) >= 11 is 0. The number of hydrogen-bond donors (Lipinski definition) is 3. The number of aliphatic carboxylic acids is 1. The van der Waals surface area contributed by atoms with Gasteiger partial charge in [0.25, 0.3) is 0 Å². The second-order valence-electron chi connectivity index (χ2n) is 4.41. The highest BCUT2D eigenvalue weighted by atomic mass is 16.5. The van der Waals surface area contributed by atoms with Crippen LogP contribution in [0.15, 0.2) is 30.3 Å². The fraction of sp³-hybridized carbons (Fsp3) is 0.357. The highest BCUT2D eigenvalue weighted by Crippen LogP contribution is 2.14. The number of carboxylic acids is 1. The molecular formula is C14H18N2O5. The van der Waals surface area contributed by atoms with Gasteiger partial charge < -0.3 is 20.9 Å². The van der Waals surface area contributed by atoms with E-state index in [0.717, 1.165) is 0 Å². The average molecular weight is 294 g/mol. The molecule has 4 N–H and O–H groups in total. The molecule has 2 atom stereocenters. The molecule has 0 spiro atoms. The molecule has 0 aliphatic rings. The number of benzene rings is 1. The van der Waals surface area contributed by atoms with Crippen LogP contribution in [0.2, 0.25) is 0 Å². The molecule has 0 aromatic heterocycles. The van der Waals surface area contributed by atoms with E-state index in [4.69, 9.17) is 10.8 Å². The fourth-order valence-corrected chi connectivity index (χ4v) is 1.70. The van der Waals surface area contributed by atoms with E-state index in [0.29, 0.717) is 5.56 Å². The maximum atomic E-state index is 11.9. The Morgan fingerprint density at radius 1 is 1.29 bits per heavy atom. The van der Waals surface area contributed by atoms with Crippen LogP contribution in [0.1, 0.15) is 24.4 Å². The Hall–Kier alpha value is -2.41. The van der Waals surface area contributed by atoms with Crippen LogP contribution in [0.4, 0.5) is 0 Å². The maximum absolute atomic E-state index is 11.9. The van der Waals surface area contributed by atoms with Crippen molar-refractivity contribution in [3.63, 3.8) is 0 Å². The number of hydrogen-bond acceptors (Lipinski definition) is 5. The van der Waals surface area contributed by atoms with Gasteiger partial charge in [0.2, 0.25) is 5.91 Å². The largest absolute Gasteiger partial charge is 0.481 e. The Bertz CT molecular complexity index is 503. The smallest absolute Gasteiger partial charge is 0.333 e. The van der Waals surface area contributed by atoms with E-state index in [1.54, 1.807) is 30.3 Å². The molecule has 7 nitrogen and oxygen atoms in total. The third kappa shape index (κ3) is 5.23. The van der Waals surface area contributed by atoms with E-state index in [2.05, 4.69) is 10.1 Å². The molecular weight excluding hydrogens is 276 g/mol. The highest BCUT2D eigenvalue weighted by molar-refractivity contribution is 5.88. The number of nitrogens with two attached hydrogens (primary N) is 1. The zero-order valence-electron chi connectivity index (χ0n) is 11.6. The van der Waals surface area contributed by atoms with Gasteiger partial charge in [0.1, 0.15) is 0 Å². The van der Waals surface area contributed by atoms with Crippen molar-refractivity contribution >= 4 is 17.8 Å². The van der Waals surface area contributed by atoms with Crippen molar-refractivity contribution in [3.8, 4) is 0 Å². The number of carbonyl (C=O) groups is 3. The van der Waals surface area contributed by atoms with Gasteiger partial charge in [0.15, 0.2) is 6.04 Å². The first-order chi connectivity index (χ1) is 9.95. The molecule has 0 aliphatic heterocycles. The summed E-state index contributed by atoms with van der Waals surface area (Å²) in [5.74, 6) is -2.26. The number of esters is 1. The van der Waals surface area contributed by atoms with Gasteiger partial charge >= 0.3 is 11.9 Å². The third-order valence-corrected chi connectivity index (χ3v) is 2.86. The van der Waals surface area contributed by atoms with Crippen LogP contribution in [0, 0.1) is 0 Å². The minimum atomic E-state index is -1.04. The first-order valence-electron chi connectivity index (χ1n) is 6.36. The molecule has 21 heavy (non-hydrogen) atoms. The maximum Gasteiger partial charge on any atom is 0.333 e. The molecule has 2 unspecified atom stereocenters. The lowest BCUT2D eigenvalue weighted by Crippen LogP contribution is -2.44. The molecule has 0 radical (unpaired) electrons. The van der Waals surface area contributed by atoms with Crippen LogP contribution in [0.25, 0.3) is 0 Å². The summed E-state index contributed by atoms with van der Waals surface area (Å²) < 4.78 is 4.66. The molecule has 0 saturated carbocycles. The summed E-state index contributed by atoms with van der Waals surface area (Å²) in [7, 11) is 1.22. The van der Waals surface area contributed by atoms with Crippen LogP contribution in [0.3, 0.4) is 0 Å². The minimum Gasteiger partial charge on any atom is -0.481 e. The van der Waals surface area contributed by atoms with Crippen LogP contribution >= 0.6 is 0 Å². The van der Waals surface area contributed by atoms with Crippen molar-refractivity contribution in [1.29, 1.82) is 0 Å². The number of methoxy groups -OCH3 is 1. The Labute approximate surface area is 122 Å². The van der Waals surface area contributed by atoms with Crippen molar-refractivity contribution in [3.05, 3.63) is 35.9 Å². The van der Waals surface area contributed by atoms with Crippen LogP contribution in [-0.2, 0) is 19.1 Å². The topological polar surface area (TPSA) is 119 Å². The Morgan fingerprint density at radius 2 is 1.90 bits per heavy atom. The zero-order valence-corrected chi connectivity index (χ0v) is 11.6. The van der Waals surface area contributed by atoms with E-state index in [-0.39, 0.29) is 12.8 Å². The molecule has 0 fully saturated rings. The van der Waals surface area contributed by atoms with Gasteiger partial charge in [0, 0.05) is 6.42 Å². The lowest BCUT2D eigenvalue weighted by atomic mass is 10.1. The van der Waals surface area contributed by atoms with Gasteiger partial charge in [-0.15, -0.1) is 0 Å². The normalized spacial score (nSPS) is 13.0. The van der Waals surface area contributed by atoms with Gasteiger partial charge in [0.05, 0.1) is 13.2 Å². The van der Waals surface area contributed by atoms with Gasteiger partial charge in [-0.05, 0) is 12.0 Å². The van der Waals surface area contributed by atoms with E-state index >= 15 is 0 Å². The van der Waals surface area contributed by atoms with E-state index in [1.807, 2.05) is 0 Å². The van der Waals surface area contributed by atoms with Crippen LogP contribution in [0.5, 0.6) is 0 Å². The third-order valence-electron chi connectivity index (χ3n) is 2.86. The molecule has 0 saturated heterocycles. The molecule has 0 heterocycles. The van der Waals surface area contributed by atoms with E-state index in [9.17, 15) is 14.4 Å². The fourth-order valence-electron chi connectivity index (χ4n) is 1.70. The summed E-state index contributed by atoms with van der Waals surface area (Å²) in [5, 5.41) is 11.0. The molecule has 1 aromatic rings. The van der Waals surface area contributed by atoms with Gasteiger partial charge in [-0.25, -0.2) is 4.79 Å². The molecule has 0 bridgehead atoms. The molecule has 114 valence electrons. The van der Waals surface area contributed by atoms with Crippen LogP contribution in [-0.4, -0.2) is 36.1 Å². The SMILES string of the molecule is COC(=O)C(NC(=O)C(N)CCC(=O)O)c1ccccc1. The quantitative estimate of drug-likeness (QED) is 0.618. The second kappa shape index (κ2) is 8.01. The van der Waals surface area contributed by atoms with Crippen molar-refractivity contribution < 1.29 is 24.2 Å². The number of carbonyl (C=O) groups excluding carboxylic acids is 2. The summed E-state index contributed by atoms with van der Waals surface area (Å²) in [4.78, 5) is 34.2. The number of nitrogens with one attached hydrogen (secondary N) is 1. The van der Waals surface area contributed by atoms with E-state index in [1.165, 1.54) is 7.11 Å². The summed E-state index contributed by atoms with van der Waals surface area (Å²) in [5.41, 5.74) is 6.16. The first-order valence-corrected chi connectivity index (χ1v) is 6.36. The minimum absolute atomic E-state index is 0.0101. The molecule has 1 amide bonds. The molecule has 1 rings (SSSR count). The van der Waals surface area contributed by atoms with Crippen LogP contribution < -0.4 is 11.1 Å². The van der Waals surface area contributed by atoms with Crippen molar-refractivity contribution in [2.45, 2.75) is 24.9 Å². The molecule has 7 heteroatoms. The van der Waals surface area contributed by atoms with E-state index < -0.39 is 29.9 Å². The monoisotopic (exact) mass is 294 g/mol. The molecule has 1 aromatic carbocycles. The zero-order chi connectivity index (χ0) is 15.8. The lowest BCUT2D eigenvalue weighted by Gasteiger charge is -2.19. The summed E-state index contributed by atoms with van der Waals surface area (Å²) in [6.45, 7) is 0.